The molecule has 0 aliphatic rings. The molecule has 0 spiro atoms. The van der Waals surface area contributed by atoms with Crippen LogP contribution in [0, 0.1) is 6.92 Å². The van der Waals surface area contributed by atoms with Crippen LogP contribution < -0.4 is 4.74 Å². The Labute approximate surface area is 219 Å². The summed E-state index contributed by atoms with van der Waals surface area (Å²) in [6, 6.07) is 14.9. The summed E-state index contributed by atoms with van der Waals surface area (Å²) in [4.78, 5) is 19.8. The quantitative estimate of drug-likeness (QED) is 0.275. The van der Waals surface area contributed by atoms with Crippen LogP contribution in [0.1, 0.15) is 38.4 Å². The van der Waals surface area contributed by atoms with Crippen LogP contribution in [0.25, 0.3) is 28.2 Å². The van der Waals surface area contributed by atoms with Crippen molar-refractivity contribution in [2.24, 2.45) is 0 Å². The lowest BCUT2D eigenvalue weighted by molar-refractivity contribution is -0.130. The predicted octanol–water partition coefficient (Wildman–Crippen LogP) is 6.04. The Morgan fingerprint density at radius 2 is 1.81 bits per heavy atom. The van der Waals surface area contributed by atoms with Gasteiger partial charge in [-0.3, -0.25) is 4.79 Å². The lowest BCUT2D eigenvalue weighted by Crippen LogP contribution is -2.31. The van der Waals surface area contributed by atoms with E-state index in [9.17, 15) is 9.90 Å². The maximum atomic E-state index is 13.2. The van der Waals surface area contributed by atoms with Crippen molar-refractivity contribution in [2.75, 3.05) is 19.7 Å². The lowest BCUT2D eigenvalue weighted by atomic mass is 10.0. The molecule has 4 aromatic rings. The number of aryl methyl sites for hydroxylation is 1. The fourth-order valence-electron chi connectivity index (χ4n) is 4.25. The molecule has 0 bridgehead atoms. The van der Waals surface area contributed by atoms with Crippen molar-refractivity contribution in [1.82, 2.24) is 19.5 Å². The molecule has 0 radical (unpaired) electrons. The Morgan fingerprint density at radius 1 is 1.08 bits per heavy atom. The molecule has 2 heterocycles. The number of ether oxygens (including phenoxy) is 1. The van der Waals surface area contributed by atoms with E-state index in [-0.39, 0.29) is 18.1 Å². The second-order valence-corrected chi connectivity index (χ2v) is 9.54. The maximum absolute atomic E-state index is 13.2. The number of carbonyl (C=O) groups is 1. The van der Waals surface area contributed by atoms with Gasteiger partial charge in [-0.2, -0.15) is 5.10 Å². The smallest absolute Gasteiger partial charge is 0.227 e. The third kappa shape index (κ3) is 5.23. The normalized spacial score (nSPS) is 11.1. The molecule has 2 aromatic heterocycles. The Bertz CT molecular complexity index is 1380. The molecule has 0 aliphatic heterocycles. The molecule has 0 saturated carbocycles. The van der Waals surface area contributed by atoms with Crippen LogP contribution in [0.5, 0.6) is 11.5 Å². The number of likely N-dealkylation sites (N-methyl/N-ethyl adjacent to an activating group) is 1. The molecule has 0 atom stereocenters. The Balaban J connectivity index is 1.93. The summed E-state index contributed by atoms with van der Waals surface area (Å²) in [7, 11) is 0. The second-order valence-electron chi connectivity index (χ2n) is 8.62. The van der Waals surface area contributed by atoms with E-state index in [1.54, 1.807) is 16.6 Å². The molecule has 8 heteroatoms. The molecule has 0 saturated heterocycles. The van der Waals surface area contributed by atoms with Crippen LogP contribution in [0.15, 0.2) is 53.0 Å². The summed E-state index contributed by atoms with van der Waals surface area (Å²) in [6.45, 7) is 9.85. The molecular formula is C28H31BrN4O3. The molecule has 0 aliphatic carbocycles. The van der Waals surface area contributed by atoms with Crippen molar-refractivity contribution in [2.45, 2.75) is 40.5 Å². The molecular weight excluding hydrogens is 520 g/mol. The van der Waals surface area contributed by atoms with Crippen LogP contribution in [-0.4, -0.2) is 50.2 Å². The summed E-state index contributed by atoms with van der Waals surface area (Å²) >= 11 is 3.50. The molecule has 2 aromatic carbocycles. The molecule has 7 nitrogen and oxygen atoms in total. The van der Waals surface area contributed by atoms with Gasteiger partial charge >= 0.3 is 0 Å². The highest BCUT2D eigenvalue weighted by Crippen LogP contribution is 2.35. The van der Waals surface area contributed by atoms with Gasteiger partial charge in [-0.05, 0) is 75.7 Å². The van der Waals surface area contributed by atoms with Gasteiger partial charge in [-0.25, -0.2) is 9.50 Å². The van der Waals surface area contributed by atoms with E-state index in [0.29, 0.717) is 42.3 Å². The van der Waals surface area contributed by atoms with E-state index < -0.39 is 0 Å². The summed E-state index contributed by atoms with van der Waals surface area (Å²) in [5, 5.41) is 15.6. The van der Waals surface area contributed by atoms with E-state index in [1.807, 2.05) is 62.1 Å². The third-order valence-electron chi connectivity index (χ3n) is 6.09. The predicted molar refractivity (Wildman–Crippen MR) is 145 cm³/mol. The van der Waals surface area contributed by atoms with Crippen LogP contribution in [-0.2, 0) is 11.2 Å². The topological polar surface area (TPSA) is 80.0 Å². The second kappa shape index (κ2) is 11.1. The van der Waals surface area contributed by atoms with Crippen LogP contribution >= 0.6 is 15.9 Å². The average Bonchev–Trinajstić information content (AvgIpc) is 3.22. The highest BCUT2D eigenvalue weighted by atomic mass is 79.9. The number of aromatic hydroxyl groups is 1. The Morgan fingerprint density at radius 3 is 2.47 bits per heavy atom. The van der Waals surface area contributed by atoms with Crippen molar-refractivity contribution in [3.05, 3.63) is 64.3 Å². The van der Waals surface area contributed by atoms with Crippen molar-refractivity contribution >= 4 is 27.5 Å². The van der Waals surface area contributed by atoms with Gasteiger partial charge in [0.1, 0.15) is 11.5 Å². The molecule has 0 fully saturated rings. The average molecular weight is 551 g/mol. The number of hydrogen-bond donors (Lipinski definition) is 1. The number of hydrogen-bond acceptors (Lipinski definition) is 5. The number of aromatic nitrogens is 3. The lowest BCUT2D eigenvalue weighted by Gasteiger charge is -2.18. The zero-order chi connectivity index (χ0) is 25.8. The zero-order valence-electron chi connectivity index (χ0n) is 21.1. The van der Waals surface area contributed by atoms with Gasteiger partial charge in [0, 0.05) is 39.9 Å². The Kier molecular flexibility index (Phi) is 7.94. The number of rotatable bonds is 9. The number of phenols is 1. The first-order valence-corrected chi connectivity index (χ1v) is 13.0. The highest BCUT2D eigenvalue weighted by Gasteiger charge is 2.23. The minimum atomic E-state index is 0.0224. The van der Waals surface area contributed by atoms with E-state index in [0.717, 1.165) is 33.5 Å². The largest absolute Gasteiger partial charge is 0.507 e. The van der Waals surface area contributed by atoms with E-state index in [4.69, 9.17) is 14.8 Å². The molecule has 36 heavy (non-hydrogen) atoms. The minimum Gasteiger partial charge on any atom is -0.507 e. The van der Waals surface area contributed by atoms with Gasteiger partial charge in [0.15, 0.2) is 5.65 Å². The summed E-state index contributed by atoms with van der Waals surface area (Å²) in [5.74, 6) is 0.952. The first kappa shape index (κ1) is 25.7. The third-order valence-corrected chi connectivity index (χ3v) is 6.58. The molecule has 4 rings (SSSR count). The van der Waals surface area contributed by atoms with Gasteiger partial charge in [0.25, 0.3) is 0 Å². The zero-order valence-corrected chi connectivity index (χ0v) is 22.7. The fraction of sp³-hybridized carbons (Fsp3) is 0.321. The maximum Gasteiger partial charge on any atom is 0.227 e. The molecule has 188 valence electrons. The van der Waals surface area contributed by atoms with Crippen LogP contribution in [0.4, 0.5) is 0 Å². The number of amides is 1. The van der Waals surface area contributed by atoms with Gasteiger partial charge < -0.3 is 14.7 Å². The summed E-state index contributed by atoms with van der Waals surface area (Å²) in [6.07, 6.45) is 1.11. The number of carbonyl (C=O) groups excluding carboxylic acids is 1. The van der Waals surface area contributed by atoms with Crippen molar-refractivity contribution < 1.29 is 14.6 Å². The number of benzene rings is 2. The Hall–Kier alpha value is -3.39. The summed E-state index contributed by atoms with van der Waals surface area (Å²) in [5.41, 5.74) is 5.00. The highest BCUT2D eigenvalue weighted by molar-refractivity contribution is 9.10. The number of halogens is 1. The van der Waals surface area contributed by atoms with Gasteiger partial charge in [0.05, 0.1) is 24.4 Å². The van der Waals surface area contributed by atoms with Crippen LogP contribution in [0.2, 0.25) is 0 Å². The molecule has 1 N–H and O–H groups in total. The van der Waals surface area contributed by atoms with Gasteiger partial charge in [-0.1, -0.05) is 22.9 Å². The first-order chi connectivity index (χ1) is 17.4. The minimum absolute atomic E-state index is 0.0224. The van der Waals surface area contributed by atoms with Crippen molar-refractivity contribution in [3.8, 4) is 34.0 Å². The molecule has 1 amide bonds. The van der Waals surface area contributed by atoms with E-state index in [2.05, 4.69) is 22.9 Å². The fourth-order valence-corrected chi connectivity index (χ4v) is 4.61. The SMILES string of the molecule is CCCOc1ccc(-c2nn3c(-c4cc(Br)ccc4O)cc(C)nc3c2CC(=O)N(CC)CC)cc1. The van der Waals surface area contributed by atoms with Gasteiger partial charge in [-0.15, -0.1) is 0 Å². The number of phenolic OH excluding ortho intramolecular Hbond substituents is 1. The monoisotopic (exact) mass is 550 g/mol. The number of fused-ring (bicyclic) bond motifs is 1. The van der Waals surface area contributed by atoms with Gasteiger partial charge in [0.2, 0.25) is 5.91 Å². The van der Waals surface area contributed by atoms with Crippen LogP contribution in [0.3, 0.4) is 0 Å². The molecule has 0 unspecified atom stereocenters. The van der Waals surface area contributed by atoms with E-state index >= 15 is 0 Å². The van der Waals surface area contributed by atoms with E-state index in [1.165, 1.54) is 0 Å². The first-order valence-electron chi connectivity index (χ1n) is 12.2. The summed E-state index contributed by atoms with van der Waals surface area (Å²) < 4.78 is 8.32. The number of nitrogens with zero attached hydrogens (tertiary/aromatic N) is 4. The standard InChI is InChI=1S/C28H31BrN4O3/c1-5-14-36-21-11-8-19(9-12-21)27-23(17-26(35)32(6-2)7-3)28-30-18(4)15-24(33(28)31-27)22-16-20(29)10-13-25(22)34/h8-13,15-16,34H,5-7,14,17H2,1-4H3. The van der Waals surface area contributed by atoms with Crippen molar-refractivity contribution in [1.29, 1.82) is 0 Å². The van der Waals surface area contributed by atoms with Crippen molar-refractivity contribution in [3.63, 3.8) is 0 Å².